The van der Waals surface area contributed by atoms with Crippen LogP contribution >= 0.6 is 11.3 Å². The van der Waals surface area contributed by atoms with Gasteiger partial charge >= 0.3 is 6.85 Å². The van der Waals surface area contributed by atoms with Crippen LogP contribution in [-0.2, 0) is 0 Å². The van der Waals surface area contributed by atoms with E-state index in [1.807, 2.05) is 11.3 Å². The molecule has 276 valence electrons. The van der Waals surface area contributed by atoms with E-state index < -0.39 is 0 Å². The highest BCUT2D eigenvalue weighted by atomic mass is 32.1. The number of aryl methyl sites for hydroxylation is 6. The summed E-state index contributed by atoms with van der Waals surface area (Å²) in [7, 11) is 0. The molecule has 10 aromatic rings. The third-order valence-corrected chi connectivity index (χ3v) is 14.1. The first kappa shape index (κ1) is 33.8. The van der Waals surface area contributed by atoms with E-state index in [0.29, 0.717) is 0 Å². The zero-order valence-corrected chi connectivity index (χ0v) is 34.5. The van der Waals surface area contributed by atoms with E-state index in [2.05, 4.69) is 190 Å². The Hall–Kier alpha value is -6.36. The minimum absolute atomic E-state index is 0.0111. The molecule has 2 aliphatic rings. The molecule has 4 heterocycles. The number of hydrogen-bond donors (Lipinski definition) is 0. The molecule has 0 amide bonds. The molecule has 0 aliphatic carbocycles. The molecule has 12 rings (SSSR count). The largest absolute Gasteiger partial charge is 0.375 e. The van der Waals surface area contributed by atoms with E-state index in [-0.39, 0.29) is 6.85 Å². The van der Waals surface area contributed by atoms with Gasteiger partial charge in [-0.2, -0.15) is 0 Å². The normalized spacial score (nSPS) is 12.9. The lowest BCUT2D eigenvalue weighted by Crippen LogP contribution is -2.55. The summed E-state index contributed by atoms with van der Waals surface area (Å²) >= 11 is 1.91. The fraction of sp³-hybridized carbons (Fsp3) is 0.111. The summed E-state index contributed by atoms with van der Waals surface area (Å²) in [4.78, 5) is 3.97. The van der Waals surface area contributed by atoms with E-state index in [4.69, 9.17) is 0 Å². The third-order valence-electron chi connectivity index (χ3n) is 13.1. The van der Waals surface area contributed by atoms with E-state index >= 15 is 0 Å². The van der Waals surface area contributed by atoms with Gasteiger partial charge in [-0.1, -0.05) is 114 Å². The second-order valence-electron chi connectivity index (χ2n) is 16.9. The van der Waals surface area contributed by atoms with Crippen molar-refractivity contribution in [1.29, 1.82) is 0 Å². The molecule has 58 heavy (non-hydrogen) atoms. The van der Waals surface area contributed by atoms with Crippen LogP contribution in [0.1, 0.15) is 33.4 Å². The van der Waals surface area contributed by atoms with E-state index in [9.17, 15) is 0 Å². The second kappa shape index (κ2) is 12.1. The first-order valence-electron chi connectivity index (χ1n) is 20.4. The summed E-state index contributed by atoms with van der Waals surface area (Å²) < 4.78 is 2.71. The highest BCUT2D eigenvalue weighted by Gasteiger charge is 2.44. The molecule has 0 unspecified atom stereocenters. The Morgan fingerprint density at radius 3 is 1.84 bits per heavy atom. The molecular weight excluding hydrogens is 719 g/mol. The molecule has 0 spiro atoms. The zero-order chi connectivity index (χ0) is 39.1. The molecule has 0 atom stereocenters. The van der Waals surface area contributed by atoms with E-state index in [1.54, 1.807) is 0 Å². The minimum Gasteiger partial charge on any atom is -0.375 e. The maximum absolute atomic E-state index is 2.71. The Bertz CT molecular complexity index is 3380. The maximum atomic E-state index is 2.71. The Labute approximate surface area is 343 Å². The third kappa shape index (κ3) is 4.55. The van der Waals surface area contributed by atoms with Gasteiger partial charge in [0, 0.05) is 48.4 Å². The Balaban J connectivity index is 1.23. The minimum atomic E-state index is 0.0111. The van der Waals surface area contributed by atoms with Gasteiger partial charge in [0.05, 0.1) is 17.1 Å². The van der Waals surface area contributed by atoms with Gasteiger partial charge in [0.15, 0.2) is 0 Å². The fourth-order valence-electron chi connectivity index (χ4n) is 11.1. The van der Waals surface area contributed by atoms with E-state index in [0.717, 1.165) is 0 Å². The summed E-state index contributed by atoms with van der Waals surface area (Å²) in [5.41, 5.74) is 23.6. The average molecular weight is 761 g/mol. The van der Waals surface area contributed by atoms with Gasteiger partial charge in [-0.25, -0.2) is 0 Å². The van der Waals surface area contributed by atoms with Crippen molar-refractivity contribution in [2.24, 2.45) is 0 Å². The standard InChI is InChI=1S/C54H41BN2S/c1-30-22-32(3)49(33(4)23-30)38-19-21-47-42(26-38)43-27-39(50-34(5)24-31(2)25-35(50)6)28-44-52(43)57(47)55-45-20-18-37-13-8-10-16-41(37)53(45)56(48-29-58-54(44)51(48)55)46-17-11-14-36-12-7-9-15-40(36)46/h7-29H,1-6H3. The Kier molecular flexibility index (Phi) is 7.03. The first-order valence-corrected chi connectivity index (χ1v) is 21.3. The van der Waals surface area contributed by atoms with Crippen LogP contribution in [-0.4, -0.2) is 11.3 Å². The topological polar surface area (TPSA) is 8.17 Å². The molecular formula is C54H41BN2S. The van der Waals surface area contributed by atoms with Gasteiger partial charge in [0.25, 0.3) is 0 Å². The van der Waals surface area contributed by atoms with Crippen LogP contribution in [0.25, 0.3) is 76.0 Å². The highest BCUT2D eigenvalue weighted by molar-refractivity contribution is 7.17. The van der Waals surface area contributed by atoms with Gasteiger partial charge in [-0.05, 0) is 138 Å². The van der Waals surface area contributed by atoms with Crippen molar-refractivity contribution in [3.63, 3.8) is 0 Å². The molecule has 4 heteroatoms. The van der Waals surface area contributed by atoms with Crippen molar-refractivity contribution in [3.05, 3.63) is 172 Å². The summed E-state index contributed by atoms with van der Waals surface area (Å²) in [5.74, 6) is 0. The van der Waals surface area contributed by atoms with Gasteiger partial charge in [-0.3, -0.25) is 0 Å². The van der Waals surface area contributed by atoms with Crippen molar-refractivity contribution >= 4 is 89.5 Å². The predicted molar refractivity (Wildman–Crippen MR) is 252 cm³/mol. The second-order valence-corrected chi connectivity index (χ2v) is 17.8. The monoisotopic (exact) mass is 760 g/mol. The number of nitrogens with zero attached hydrogens (tertiary/aromatic N) is 2. The molecule has 8 aromatic carbocycles. The lowest BCUT2D eigenvalue weighted by atomic mass is 9.46. The highest BCUT2D eigenvalue weighted by Crippen LogP contribution is 2.51. The lowest BCUT2D eigenvalue weighted by molar-refractivity contribution is 1.28. The molecule has 0 fully saturated rings. The number of hydrogen-bond acceptors (Lipinski definition) is 2. The lowest BCUT2D eigenvalue weighted by Gasteiger charge is -2.39. The van der Waals surface area contributed by atoms with E-state index in [1.165, 1.54) is 137 Å². The smallest absolute Gasteiger partial charge is 0.333 e. The zero-order valence-electron chi connectivity index (χ0n) is 33.7. The van der Waals surface area contributed by atoms with Gasteiger partial charge < -0.3 is 9.38 Å². The number of thiophene rings is 1. The van der Waals surface area contributed by atoms with Crippen LogP contribution in [0, 0.1) is 41.5 Å². The van der Waals surface area contributed by atoms with Crippen molar-refractivity contribution in [3.8, 4) is 32.7 Å². The molecule has 0 radical (unpaired) electrons. The molecule has 2 aromatic heterocycles. The number of benzene rings is 8. The fourth-order valence-corrected chi connectivity index (χ4v) is 12.2. The first-order chi connectivity index (χ1) is 28.2. The Morgan fingerprint density at radius 1 is 0.500 bits per heavy atom. The molecule has 2 aliphatic heterocycles. The van der Waals surface area contributed by atoms with Crippen molar-refractivity contribution in [1.82, 2.24) is 4.48 Å². The van der Waals surface area contributed by atoms with Crippen LogP contribution < -0.4 is 15.8 Å². The average Bonchev–Trinajstić information content (AvgIpc) is 3.79. The summed E-state index contributed by atoms with van der Waals surface area (Å²) in [6, 6.07) is 51.0. The summed E-state index contributed by atoms with van der Waals surface area (Å²) in [5, 5.41) is 10.1. The maximum Gasteiger partial charge on any atom is 0.333 e. The van der Waals surface area contributed by atoms with Gasteiger partial charge in [-0.15, -0.1) is 11.3 Å². The van der Waals surface area contributed by atoms with Crippen molar-refractivity contribution in [2.45, 2.75) is 41.5 Å². The molecule has 0 bridgehead atoms. The number of aromatic nitrogens is 1. The number of anilines is 3. The van der Waals surface area contributed by atoms with Gasteiger partial charge in [0.2, 0.25) is 0 Å². The molecule has 2 nitrogen and oxygen atoms in total. The van der Waals surface area contributed by atoms with Crippen LogP contribution in [0.4, 0.5) is 17.1 Å². The SMILES string of the molecule is Cc1cc(C)c(-c2ccc3c(c2)c2cc(-c4c(C)cc(C)cc4C)cc4c2n3B2c3ccc5ccccc5c3N(c3cccc5ccccc35)c3csc-4c32)c(C)c1. The predicted octanol–water partition coefficient (Wildman–Crippen LogP) is 13.8. The molecule has 0 saturated carbocycles. The summed E-state index contributed by atoms with van der Waals surface area (Å²) in [6.45, 7) is 13.5. The van der Waals surface area contributed by atoms with Crippen molar-refractivity contribution in [2.75, 3.05) is 4.90 Å². The summed E-state index contributed by atoms with van der Waals surface area (Å²) in [6.07, 6.45) is 0. The van der Waals surface area contributed by atoms with Crippen LogP contribution in [0.3, 0.4) is 0 Å². The number of rotatable bonds is 3. The van der Waals surface area contributed by atoms with Crippen LogP contribution in [0.5, 0.6) is 0 Å². The molecule has 0 N–H and O–H groups in total. The van der Waals surface area contributed by atoms with Crippen LogP contribution in [0.2, 0.25) is 0 Å². The van der Waals surface area contributed by atoms with Crippen LogP contribution in [0.15, 0.2) is 139 Å². The number of fused-ring (bicyclic) bond motifs is 10. The van der Waals surface area contributed by atoms with Gasteiger partial charge in [0.1, 0.15) is 0 Å². The van der Waals surface area contributed by atoms with Crippen molar-refractivity contribution < 1.29 is 0 Å². The Morgan fingerprint density at radius 2 is 1.12 bits per heavy atom. The molecule has 0 saturated heterocycles. The quantitative estimate of drug-likeness (QED) is 0.163.